The molecular weight excluding hydrogens is 240 g/mol. The van der Waals surface area contributed by atoms with Crippen LogP contribution in [0.25, 0.3) is 0 Å². The van der Waals surface area contributed by atoms with Crippen LogP contribution in [-0.2, 0) is 6.42 Å². The normalized spacial score (nSPS) is 12.1. The fraction of sp³-hybridized carbons (Fsp3) is 0.400. The van der Waals surface area contributed by atoms with Crippen molar-refractivity contribution in [1.29, 1.82) is 0 Å². The third-order valence-electron chi connectivity index (χ3n) is 1.86. The summed E-state index contributed by atoms with van der Waals surface area (Å²) in [5.41, 5.74) is 6.28. The van der Waals surface area contributed by atoms with Gasteiger partial charge in [0.2, 0.25) is 0 Å². The average Bonchev–Trinajstić information content (AvgIpc) is 2.17. The van der Waals surface area contributed by atoms with E-state index in [4.69, 9.17) is 10.8 Å². The monoisotopic (exact) mass is 253 g/mol. The number of hydrogen-bond donors (Lipinski definition) is 2. The van der Waals surface area contributed by atoms with Crippen LogP contribution in [0.1, 0.15) is 5.56 Å². The number of rotatable bonds is 5. The molecule has 0 bridgehead atoms. The Morgan fingerprint density at radius 1 is 1.38 bits per heavy atom. The van der Waals surface area contributed by atoms with Crippen molar-refractivity contribution in [3.8, 4) is 5.75 Å². The van der Waals surface area contributed by atoms with Crippen molar-refractivity contribution in [2.24, 2.45) is 5.73 Å². The average molecular weight is 254 g/mol. The summed E-state index contributed by atoms with van der Waals surface area (Å²) >= 11 is 0. The van der Waals surface area contributed by atoms with E-state index in [9.17, 15) is 8.78 Å². The molecule has 0 aliphatic rings. The summed E-state index contributed by atoms with van der Waals surface area (Å²) in [6.07, 6.45) is 0.428. The molecule has 1 rings (SSSR count). The van der Waals surface area contributed by atoms with Gasteiger partial charge in [0.15, 0.2) is 0 Å². The molecule has 0 amide bonds. The van der Waals surface area contributed by atoms with Crippen molar-refractivity contribution in [1.82, 2.24) is 0 Å². The van der Waals surface area contributed by atoms with Crippen molar-refractivity contribution >= 4 is 12.4 Å². The number of alkyl halides is 2. The lowest BCUT2D eigenvalue weighted by molar-refractivity contribution is -0.0498. The van der Waals surface area contributed by atoms with Crippen molar-refractivity contribution in [3.63, 3.8) is 0 Å². The van der Waals surface area contributed by atoms with Crippen molar-refractivity contribution in [3.05, 3.63) is 29.8 Å². The molecule has 3 N–H and O–H groups in total. The number of halogens is 3. The van der Waals surface area contributed by atoms with Crippen molar-refractivity contribution < 1.29 is 18.6 Å². The molecule has 0 aromatic heterocycles. The van der Waals surface area contributed by atoms with Crippen LogP contribution in [0.4, 0.5) is 8.78 Å². The van der Waals surface area contributed by atoms with Crippen LogP contribution in [0.5, 0.6) is 5.75 Å². The van der Waals surface area contributed by atoms with E-state index in [-0.39, 0.29) is 30.8 Å². The first-order valence-electron chi connectivity index (χ1n) is 4.52. The van der Waals surface area contributed by atoms with Gasteiger partial charge in [0.05, 0.1) is 6.61 Å². The van der Waals surface area contributed by atoms with Crippen LogP contribution >= 0.6 is 12.4 Å². The Kier molecular flexibility index (Phi) is 6.96. The quantitative estimate of drug-likeness (QED) is 0.838. The summed E-state index contributed by atoms with van der Waals surface area (Å²) < 4.78 is 28.0. The second kappa shape index (κ2) is 7.38. The predicted molar refractivity (Wildman–Crippen MR) is 59.1 cm³/mol. The zero-order valence-corrected chi connectivity index (χ0v) is 9.29. The predicted octanol–water partition coefficient (Wildman–Crippen LogP) is 1.57. The maximum atomic E-state index is 11.9. The Bertz CT molecular complexity index is 313. The second-order valence-corrected chi connectivity index (χ2v) is 3.17. The Labute approximate surface area is 98.6 Å². The summed E-state index contributed by atoms with van der Waals surface area (Å²) in [7, 11) is 0. The molecule has 0 fully saturated rings. The molecule has 0 aliphatic carbocycles. The van der Waals surface area contributed by atoms with E-state index in [1.807, 2.05) is 0 Å². The highest BCUT2D eigenvalue weighted by atomic mass is 35.5. The number of nitrogens with two attached hydrogens (primary N) is 1. The van der Waals surface area contributed by atoms with E-state index < -0.39 is 6.61 Å². The number of hydrogen-bond acceptors (Lipinski definition) is 3. The number of aliphatic hydroxyl groups excluding tert-OH is 1. The third kappa shape index (κ3) is 5.25. The first-order valence-corrected chi connectivity index (χ1v) is 4.52. The molecule has 1 aromatic carbocycles. The van der Waals surface area contributed by atoms with Gasteiger partial charge in [0, 0.05) is 6.04 Å². The fourth-order valence-corrected chi connectivity index (χ4v) is 1.22. The lowest BCUT2D eigenvalue weighted by Crippen LogP contribution is -2.26. The Balaban J connectivity index is 0.00000225. The van der Waals surface area contributed by atoms with Gasteiger partial charge in [-0.1, -0.05) is 12.1 Å². The first kappa shape index (κ1) is 15.1. The standard InChI is InChI=1S/C10H13F2NO2.ClH/c11-10(12)15-9-3-1-2-7(5-9)4-8(13)6-14;/h1-3,5,8,10,14H,4,6,13H2;1H. The van der Waals surface area contributed by atoms with E-state index in [1.165, 1.54) is 12.1 Å². The molecule has 0 radical (unpaired) electrons. The summed E-state index contributed by atoms with van der Waals surface area (Å²) in [4.78, 5) is 0. The maximum Gasteiger partial charge on any atom is 0.387 e. The van der Waals surface area contributed by atoms with E-state index in [0.29, 0.717) is 6.42 Å². The molecule has 92 valence electrons. The Hall–Kier alpha value is -0.910. The SMILES string of the molecule is Cl.NC(CO)Cc1cccc(OC(F)F)c1. The molecule has 0 aliphatic heterocycles. The zero-order chi connectivity index (χ0) is 11.3. The van der Waals surface area contributed by atoms with Crippen LogP contribution in [0.3, 0.4) is 0 Å². The van der Waals surface area contributed by atoms with Crippen LogP contribution in [-0.4, -0.2) is 24.4 Å². The summed E-state index contributed by atoms with van der Waals surface area (Å²) in [6.45, 7) is -2.97. The molecule has 16 heavy (non-hydrogen) atoms. The van der Waals surface area contributed by atoms with Crippen molar-refractivity contribution in [2.45, 2.75) is 19.1 Å². The van der Waals surface area contributed by atoms with Gasteiger partial charge in [-0.15, -0.1) is 12.4 Å². The molecular formula is C10H14ClF2NO2. The minimum atomic E-state index is -2.83. The van der Waals surface area contributed by atoms with Gasteiger partial charge < -0.3 is 15.6 Å². The third-order valence-corrected chi connectivity index (χ3v) is 1.86. The van der Waals surface area contributed by atoms with Crippen molar-refractivity contribution in [2.75, 3.05) is 6.61 Å². The van der Waals surface area contributed by atoms with Gasteiger partial charge >= 0.3 is 6.61 Å². The molecule has 1 unspecified atom stereocenters. The zero-order valence-electron chi connectivity index (χ0n) is 8.48. The molecule has 1 aromatic rings. The topological polar surface area (TPSA) is 55.5 Å². The fourth-order valence-electron chi connectivity index (χ4n) is 1.22. The van der Waals surface area contributed by atoms with Gasteiger partial charge in [-0.3, -0.25) is 0 Å². The number of benzene rings is 1. The van der Waals surface area contributed by atoms with E-state index in [0.717, 1.165) is 5.56 Å². The molecule has 3 nitrogen and oxygen atoms in total. The van der Waals surface area contributed by atoms with E-state index in [1.54, 1.807) is 12.1 Å². The molecule has 6 heteroatoms. The molecule has 0 saturated carbocycles. The minimum absolute atomic E-state index is 0. The van der Waals surface area contributed by atoms with E-state index >= 15 is 0 Å². The summed E-state index contributed by atoms with van der Waals surface area (Å²) in [5, 5.41) is 8.73. The van der Waals surface area contributed by atoms with Crippen LogP contribution < -0.4 is 10.5 Å². The number of aliphatic hydroxyl groups is 1. The maximum absolute atomic E-state index is 11.9. The Morgan fingerprint density at radius 2 is 2.06 bits per heavy atom. The minimum Gasteiger partial charge on any atom is -0.435 e. The highest BCUT2D eigenvalue weighted by Crippen LogP contribution is 2.16. The van der Waals surface area contributed by atoms with Gasteiger partial charge in [0.25, 0.3) is 0 Å². The van der Waals surface area contributed by atoms with Gasteiger partial charge in [-0.2, -0.15) is 8.78 Å². The lowest BCUT2D eigenvalue weighted by atomic mass is 10.1. The van der Waals surface area contributed by atoms with Gasteiger partial charge in [0.1, 0.15) is 5.75 Å². The number of ether oxygens (including phenoxy) is 1. The van der Waals surface area contributed by atoms with E-state index in [2.05, 4.69) is 4.74 Å². The van der Waals surface area contributed by atoms with Gasteiger partial charge in [-0.05, 0) is 24.1 Å². The van der Waals surface area contributed by atoms with Crippen LogP contribution in [0.2, 0.25) is 0 Å². The molecule has 0 heterocycles. The smallest absolute Gasteiger partial charge is 0.387 e. The van der Waals surface area contributed by atoms with Gasteiger partial charge in [-0.25, -0.2) is 0 Å². The largest absolute Gasteiger partial charge is 0.435 e. The second-order valence-electron chi connectivity index (χ2n) is 3.17. The highest BCUT2D eigenvalue weighted by molar-refractivity contribution is 5.85. The lowest BCUT2D eigenvalue weighted by Gasteiger charge is -2.09. The highest BCUT2D eigenvalue weighted by Gasteiger charge is 2.06. The molecule has 0 spiro atoms. The summed E-state index contributed by atoms with van der Waals surface area (Å²) in [6, 6.07) is 5.90. The van der Waals surface area contributed by atoms with Crippen LogP contribution in [0.15, 0.2) is 24.3 Å². The van der Waals surface area contributed by atoms with Crippen LogP contribution in [0, 0.1) is 0 Å². The first-order chi connectivity index (χ1) is 7.11. The molecule has 0 saturated heterocycles. The Morgan fingerprint density at radius 3 is 2.62 bits per heavy atom. The summed E-state index contributed by atoms with van der Waals surface area (Å²) in [5.74, 6) is 0.104. The molecule has 1 atom stereocenters.